The fraction of sp³-hybridized carbons (Fsp3) is 0.556. The molecule has 0 aromatic heterocycles. The number of hydrogen-bond acceptors (Lipinski definition) is 1. The fourth-order valence-corrected chi connectivity index (χ4v) is 1.20. The molecule has 1 nitrogen and oxygen atoms in total. The molecule has 0 saturated carbocycles. The second-order valence-corrected chi connectivity index (χ2v) is 3.08. The van der Waals surface area contributed by atoms with Crippen LogP contribution in [-0.2, 0) is 0 Å². The van der Waals surface area contributed by atoms with E-state index in [1.165, 1.54) is 11.0 Å². The Kier molecular flexibility index (Phi) is 3.55. The number of hydrogen-bond donors (Lipinski definition) is 0. The summed E-state index contributed by atoms with van der Waals surface area (Å²) in [6, 6.07) is 0. The van der Waals surface area contributed by atoms with Crippen LogP contribution in [0.5, 0.6) is 0 Å². The molecule has 0 radical (unpaired) electrons. The van der Waals surface area contributed by atoms with Crippen molar-refractivity contribution in [3.8, 4) is 0 Å². The first-order valence-electron chi connectivity index (χ1n) is 4.33. The predicted octanol–water partition coefficient (Wildman–Crippen LogP) is 3.01. The molecule has 1 heterocycles. The zero-order valence-electron chi connectivity index (χ0n) is 7.52. The Morgan fingerprint density at radius 1 is 1.36 bits per heavy atom. The molecule has 0 bridgehead atoms. The molecule has 0 aliphatic carbocycles. The van der Waals surface area contributed by atoms with Gasteiger partial charge in [0.2, 0.25) is 0 Å². The molecule has 14 heavy (non-hydrogen) atoms. The summed E-state index contributed by atoms with van der Waals surface area (Å²) in [5, 5.41) is 0. The van der Waals surface area contributed by atoms with Crippen LogP contribution in [0, 0.1) is 0 Å². The molecule has 80 valence electrons. The lowest BCUT2D eigenvalue weighted by Gasteiger charge is -2.22. The van der Waals surface area contributed by atoms with Crippen LogP contribution in [-0.4, -0.2) is 24.2 Å². The second-order valence-electron chi connectivity index (χ2n) is 3.08. The van der Waals surface area contributed by atoms with E-state index in [-0.39, 0.29) is 13.0 Å². The summed E-state index contributed by atoms with van der Waals surface area (Å²) in [6.45, 7) is 0.451. The van der Waals surface area contributed by atoms with Crippen LogP contribution in [0.2, 0.25) is 0 Å². The standard InChI is InChI=1S/C9H11F4N/c10-8-4-1-2-6-14(8)7-3-5-9(11,12)13/h1-2,4H,3,5-7H2. The average molecular weight is 209 g/mol. The van der Waals surface area contributed by atoms with Crippen molar-refractivity contribution in [3.63, 3.8) is 0 Å². The van der Waals surface area contributed by atoms with Gasteiger partial charge in [-0.25, -0.2) is 0 Å². The van der Waals surface area contributed by atoms with E-state index in [1.807, 2.05) is 0 Å². The van der Waals surface area contributed by atoms with Gasteiger partial charge in [0.25, 0.3) is 0 Å². The summed E-state index contributed by atoms with van der Waals surface area (Å²) in [6.07, 6.45) is -0.575. The maximum atomic E-state index is 12.9. The zero-order valence-corrected chi connectivity index (χ0v) is 7.52. The predicted molar refractivity (Wildman–Crippen MR) is 45.2 cm³/mol. The Bertz CT molecular complexity index is 242. The summed E-state index contributed by atoms with van der Waals surface area (Å²) < 4.78 is 48.2. The maximum absolute atomic E-state index is 12.9. The third-order valence-corrected chi connectivity index (χ3v) is 1.89. The Morgan fingerprint density at radius 2 is 2.07 bits per heavy atom. The zero-order chi connectivity index (χ0) is 10.6. The molecule has 0 amide bonds. The van der Waals surface area contributed by atoms with Gasteiger partial charge in [0.1, 0.15) is 0 Å². The Labute approximate surface area is 79.7 Å². The Hall–Kier alpha value is -1.00. The van der Waals surface area contributed by atoms with E-state index in [1.54, 1.807) is 12.2 Å². The van der Waals surface area contributed by atoms with Crippen LogP contribution < -0.4 is 0 Å². The van der Waals surface area contributed by atoms with Gasteiger partial charge in [-0.3, -0.25) is 0 Å². The number of allylic oxidation sites excluding steroid dienone is 2. The Balaban J connectivity index is 2.26. The topological polar surface area (TPSA) is 3.24 Å². The van der Waals surface area contributed by atoms with Crippen molar-refractivity contribution < 1.29 is 17.6 Å². The summed E-state index contributed by atoms with van der Waals surface area (Å²) in [7, 11) is 0. The van der Waals surface area contributed by atoms with E-state index in [2.05, 4.69) is 0 Å². The van der Waals surface area contributed by atoms with E-state index in [0.29, 0.717) is 6.54 Å². The van der Waals surface area contributed by atoms with Crippen LogP contribution in [0.15, 0.2) is 24.2 Å². The van der Waals surface area contributed by atoms with Crippen molar-refractivity contribution in [2.24, 2.45) is 0 Å². The van der Waals surface area contributed by atoms with Gasteiger partial charge in [0.15, 0.2) is 5.95 Å². The van der Waals surface area contributed by atoms with Crippen molar-refractivity contribution in [2.75, 3.05) is 13.1 Å². The van der Waals surface area contributed by atoms with E-state index in [0.717, 1.165) is 0 Å². The van der Waals surface area contributed by atoms with Gasteiger partial charge < -0.3 is 4.90 Å². The lowest BCUT2D eigenvalue weighted by Crippen LogP contribution is -2.25. The molecular formula is C9H11F4N. The van der Waals surface area contributed by atoms with Crippen molar-refractivity contribution in [1.82, 2.24) is 4.90 Å². The van der Waals surface area contributed by atoms with Gasteiger partial charge in [-0.15, -0.1) is 0 Å². The monoisotopic (exact) mass is 209 g/mol. The molecule has 1 aliphatic rings. The van der Waals surface area contributed by atoms with Crippen LogP contribution in [0.25, 0.3) is 0 Å². The minimum absolute atomic E-state index is 0.0708. The lowest BCUT2D eigenvalue weighted by atomic mass is 10.2. The highest BCUT2D eigenvalue weighted by Gasteiger charge is 2.26. The summed E-state index contributed by atoms with van der Waals surface area (Å²) in [5.74, 6) is -0.463. The molecule has 0 fully saturated rings. The Morgan fingerprint density at radius 3 is 2.64 bits per heavy atom. The molecule has 1 rings (SSSR count). The quantitative estimate of drug-likeness (QED) is 0.510. The fourth-order valence-electron chi connectivity index (χ4n) is 1.20. The van der Waals surface area contributed by atoms with Gasteiger partial charge in [-0.05, 0) is 12.5 Å². The maximum Gasteiger partial charge on any atom is 0.389 e. The lowest BCUT2D eigenvalue weighted by molar-refractivity contribution is -0.136. The highest BCUT2D eigenvalue weighted by Crippen LogP contribution is 2.22. The van der Waals surface area contributed by atoms with Crippen molar-refractivity contribution in [2.45, 2.75) is 19.0 Å². The first-order chi connectivity index (χ1) is 6.49. The van der Waals surface area contributed by atoms with Crippen molar-refractivity contribution in [3.05, 3.63) is 24.2 Å². The molecule has 0 saturated heterocycles. The van der Waals surface area contributed by atoms with Gasteiger partial charge in [-0.2, -0.15) is 17.6 Å². The van der Waals surface area contributed by atoms with Gasteiger partial charge in [-0.1, -0.05) is 12.2 Å². The first-order valence-corrected chi connectivity index (χ1v) is 4.33. The van der Waals surface area contributed by atoms with Crippen molar-refractivity contribution >= 4 is 0 Å². The van der Waals surface area contributed by atoms with Crippen LogP contribution in [0.3, 0.4) is 0 Å². The molecular weight excluding hydrogens is 198 g/mol. The number of rotatable bonds is 3. The van der Waals surface area contributed by atoms with E-state index in [4.69, 9.17) is 0 Å². The average Bonchev–Trinajstić information content (AvgIpc) is 2.06. The second kappa shape index (κ2) is 4.48. The molecule has 0 aromatic carbocycles. The summed E-state index contributed by atoms with van der Waals surface area (Å²) in [5.41, 5.74) is 0. The molecule has 0 N–H and O–H groups in total. The third-order valence-electron chi connectivity index (χ3n) is 1.89. The highest BCUT2D eigenvalue weighted by atomic mass is 19.4. The van der Waals surface area contributed by atoms with Crippen LogP contribution in [0.1, 0.15) is 12.8 Å². The minimum Gasteiger partial charge on any atom is -0.345 e. The third kappa shape index (κ3) is 3.81. The molecule has 0 spiro atoms. The first kappa shape index (κ1) is 11.1. The largest absolute Gasteiger partial charge is 0.389 e. The van der Waals surface area contributed by atoms with E-state index < -0.39 is 18.5 Å². The number of alkyl halides is 3. The molecule has 0 unspecified atom stereocenters. The normalized spacial score (nSPS) is 17.1. The minimum atomic E-state index is -4.15. The van der Waals surface area contributed by atoms with Gasteiger partial charge in [0.05, 0.1) is 0 Å². The smallest absolute Gasteiger partial charge is 0.345 e. The van der Waals surface area contributed by atoms with Crippen molar-refractivity contribution in [1.29, 1.82) is 0 Å². The van der Waals surface area contributed by atoms with Crippen LogP contribution >= 0.6 is 0 Å². The van der Waals surface area contributed by atoms with E-state index >= 15 is 0 Å². The van der Waals surface area contributed by atoms with Gasteiger partial charge >= 0.3 is 6.18 Å². The molecule has 0 aromatic rings. The summed E-state index contributed by atoms with van der Waals surface area (Å²) in [4.78, 5) is 1.28. The molecule has 1 aliphatic heterocycles. The van der Waals surface area contributed by atoms with Crippen LogP contribution in [0.4, 0.5) is 17.6 Å². The highest BCUT2D eigenvalue weighted by molar-refractivity contribution is 5.12. The van der Waals surface area contributed by atoms with E-state index in [9.17, 15) is 17.6 Å². The number of halogens is 4. The summed E-state index contributed by atoms with van der Waals surface area (Å²) >= 11 is 0. The molecule has 5 heteroatoms. The SMILES string of the molecule is FC1=CC=CCN1CCCC(F)(F)F. The van der Waals surface area contributed by atoms with Gasteiger partial charge in [0, 0.05) is 19.5 Å². The molecule has 0 atom stereocenters. The number of nitrogens with zero attached hydrogens (tertiary/aromatic N) is 1.